The SMILES string of the molecule is C=CCNC(=O)CN1CCN(c2ccc(OC)cc2)C1=O. The second-order valence-corrected chi connectivity index (χ2v) is 4.65. The summed E-state index contributed by atoms with van der Waals surface area (Å²) in [5, 5.41) is 2.66. The Bertz CT molecular complexity index is 527. The van der Waals surface area contributed by atoms with Gasteiger partial charge in [0.2, 0.25) is 5.91 Å². The number of amides is 3. The van der Waals surface area contributed by atoms with E-state index in [4.69, 9.17) is 4.74 Å². The number of urea groups is 1. The van der Waals surface area contributed by atoms with Crippen molar-refractivity contribution in [3.8, 4) is 5.75 Å². The van der Waals surface area contributed by atoms with Crippen LogP contribution in [0.3, 0.4) is 0 Å². The molecule has 1 heterocycles. The fourth-order valence-electron chi connectivity index (χ4n) is 2.15. The van der Waals surface area contributed by atoms with Crippen molar-refractivity contribution in [1.29, 1.82) is 0 Å². The molecule has 1 aromatic rings. The highest BCUT2D eigenvalue weighted by Gasteiger charge is 2.30. The molecule has 0 aliphatic carbocycles. The number of hydrogen-bond donors (Lipinski definition) is 1. The number of methoxy groups -OCH3 is 1. The zero-order chi connectivity index (χ0) is 15.2. The van der Waals surface area contributed by atoms with Gasteiger partial charge in [-0.1, -0.05) is 6.08 Å². The minimum atomic E-state index is -0.181. The molecule has 1 fully saturated rings. The molecule has 0 saturated carbocycles. The molecule has 21 heavy (non-hydrogen) atoms. The zero-order valence-corrected chi connectivity index (χ0v) is 12.0. The molecule has 0 atom stereocenters. The third-order valence-electron chi connectivity index (χ3n) is 3.26. The summed E-state index contributed by atoms with van der Waals surface area (Å²) < 4.78 is 5.10. The number of nitrogens with one attached hydrogen (secondary N) is 1. The van der Waals surface area contributed by atoms with E-state index < -0.39 is 0 Å². The Labute approximate surface area is 124 Å². The van der Waals surface area contributed by atoms with Crippen LogP contribution in [0.4, 0.5) is 10.5 Å². The summed E-state index contributed by atoms with van der Waals surface area (Å²) in [7, 11) is 1.60. The van der Waals surface area contributed by atoms with E-state index >= 15 is 0 Å². The van der Waals surface area contributed by atoms with Gasteiger partial charge in [-0.2, -0.15) is 0 Å². The summed E-state index contributed by atoms with van der Waals surface area (Å²) in [6.45, 7) is 5.11. The highest BCUT2D eigenvalue weighted by molar-refractivity contribution is 5.96. The minimum Gasteiger partial charge on any atom is -0.497 e. The monoisotopic (exact) mass is 289 g/mol. The lowest BCUT2D eigenvalue weighted by molar-refractivity contribution is -0.121. The van der Waals surface area contributed by atoms with Crippen molar-refractivity contribution in [2.45, 2.75) is 0 Å². The molecule has 3 amide bonds. The number of benzene rings is 1. The van der Waals surface area contributed by atoms with Gasteiger partial charge in [-0.3, -0.25) is 9.69 Å². The van der Waals surface area contributed by atoms with Crippen molar-refractivity contribution in [3.05, 3.63) is 36.9 Å². The predicted molar refractivity (Wildman–Crippen MR) is 80.5 cm³/mol. The lowest BCUT2D eigenvalue weighted by Crippen LogP contribution is -2.40. The van der Waals surface area contributed by atoms with Gasteiger partial charge in [-0.05, 0) is 24.3 Å². The predicted octanol–water partition coefficient (Wildman–Crippen LogP) is 1.24. The average molecular weight is 289 g/mol. The van der Waals surface area contributed by atoms with Crippen LogP contribution in [0, 0.1) is 0 Å². The van der Waals surface area contributed by atoms with E-state index in [0.717, 1.165) is 11.4 Å². The van der Waals surface area contributed by atoms with E-state index in [1.807, 2.05) is 24.3 Å². The van der Waals surface area contributed by atoms with Gasteiger partial charge in [0.25, 0.3) is 0 Å². The van der Waals surface area contributed by atoms with Crippen molar-refractivity contribution in [2.24, 2.45) is 0 Å². The van der Waals surface area contributed by atoms with Crippen LogP contribution < -0.4 is 15.0 Å². The quantitative estimate of drug-likeness (QED) is 0.801. The van der Waals surface area contributed by atoms with Crippen molar-refractivity contribution < 1.29 is 14.3 Å². The Hall–Kier alpha value is -2.50. The molecule has 6 heteroatoms. The van der Waals surface area contributed by atoms with Crippen molar-refractivity contribution in [3.63, 3.8) is 0 Å². The van der Waals surface area contributed by atoms with E-state index in [2.05, 4.69) is 11.9 Å². The van der Waals surface area contributed by atoms with Gasteiger partial charge >= 0.3 is 6.03 Å². The molecular weight excluding hydrogens is 270 g/mol. The second-order valence-electron chi connectivity index (χ2n) is 4.65. The lowest BCUT2D eigenvalue weighted by Gasteiger charge is -2.18. The number of rotatable bonds is 6. The number of carbonyl (C=O) groups excluding carboxylic acids is 2. The molecule has 2 rings (SSSR count). The summed E-state index contributed by atoms with van der Waals surface area (Å²) in [4.78, 5) is 27.1. The number of anilines is 1. The molecule has 0 aromatic heterocycles. The molecule has 0 unspecified atom stereocenters. The number of nitrogens with zero attached hydrogens (tertiary/aromatic N) is 2. The van der Waals surface area contributed by atoms with E-state index in [0.29, 0.717) is 19.6 Å². The number of hydrogen-bond acceptors (Lipinski definition) is 3. The zero-order valence-electron chi connectivity index (χ0n) is 12.0. The lowest BCUT2D eigenvalue weighted by atomic mass is 10.3. The smallest absolute Gasteiger partial charge is 0.325 e. The fraction of sp³-hybridized carbons (Fsp3) is 0.333. The molecule has 0 radical (unpaired) electrons. The van der Waals surface area contributed by atoms with Gasteiger partial charge in [0, 0.05) is 25.3 Å². The topological polar surface area (TPSA) is 61.9 Å². The van der Waals surface area contributed by atoms with E-state index in [1.165, 1.54) is 4.90 Å². The molecule has 1 aliphatic rings. The average Bonchev–Trinajstić information content (AvgIpc) is 2.86. The van der Waals surface area contributed by atoms with Gasteiger partial charge in [0.15, 0.2) is 0 Å². The summed E-state index contributed by atoms with van der Waals surface area (Å²) in [6, 6.07) is 7.12. The van der Waals surface area contributed by atoms with Crippen LogP contribution >= 0.6 is 0 Å². The van der Waals surface area contributed by atoms with Crippen LogP contribution in [-0.2, 0) is 4.79 Å². The third-order valence-corrected chi connectivity index (χ3v) is 3.26. The van der Waals surface area contributed by atoms with Gasteiger partial charge < -0.3 is 15.0 Å². The Morgan fingerprint density at radius 1 is 1.38 bits per heavy atom. The van der Waals surface area contributed by atoms with Crippen LogP contribution in [0.25, 0.3) is 0 Å². The third kappa shape index (κ3) is 3.53. The normalized spacial score (nSPS) is 14.2. The maximum absolute atomic E-state index is 12.3. The van der Waals surface area contributed by atoms with Crippen molar-refractivity contribution in [2.75, 3.05) is 38.2 Å². The first-order valence-corrected chi connectivity index (χ1v) is 6.74. The first-order valence-electron chi connectivity index (χ1n) is 6.74. The van der Waals surface area contributed by atoms with Gasteiger partial charge in [0.1, 0.15) is 12.3 Å². The van der Waals surface area contributed by atoms with Gasteiger partial charge in [0.05, 0.1) is 7.11 Å². The van der Waals surface area contributed by atoms with Crippen LogP contribution in [0.2, 0.25) is 0 Å². The molecule has 0 bridgehead atoms. The van der Waals surface area contributed by atoms with Crippen molar-refractivity contribution >= 4 is 17.6 Å². The number of carbonyl (C=O) groups is 2. The second kappa shape index (κ2) is 6.78. The summed E-state index contributed by atoms with van der Waals surface area (Å²) >= 11 is 0. The summed E-state index contributed by atoms with van der Waals surface area (Å²) in [5.74, 6) is 0.561. The fourth-order valence-corrected chi connectivity index (χ4v) is 2.15. The Morgan fingerprint density at radius 3 is 2.71 bits per heavy atom. The van der Waals surface area contributed by atoms with Crippen molar-refractivity contribution in [1.82, 2.24) is 10.2 Å². The highest BCUT2D eigenvalue weighted by Crippen LogP contribution is 2.22. The molecule has 0 spiro atoms. The molecule has 6 nitrogen and oxygen atoms in total. The molecule has 1 saturated heterocycles. The molecule has 1 aliphatic heterocycles. The molecule has 1 aromatic carbocycles. The Balaban J connectivity index is 1.97. The Kier molecular flexibility index (Phi) is 4.81. The minimum absolute atomic E-state index is 0.0688. The maximum atomic E-state index is 12.3. The van der Waals surface area contributed by atoms with Crippen LogP contribution in [-0.4, -0.2) is 50.1 Å². The highest BCUT2D eigenvalue weighted by atomic mass is 16.5. The van der Waals surface area contributed by atoms with Gasteiger partial charge in [-0.25, -0.2) is 4.79 Å². The largest absolute Gasteiger partial charge is 0.497 e. The van der Waals surface area contributed by atoms with E-state index in [9.17, 15) is 9.59 Å². The summed E-state index contributed by atoms with van der Waals surface area (Å²) in [6.07, 6.45) is 1.60. The number of ether oxygens (including phenoxy) is 1. The van der Waals surface area contributed by atoms with E-state index in [-0.39, 0.29) is 18.5 Å². The van der Waals surface area contributed by atoms with Gasteiger partial charge in [-0.15, -0.1) is 6.58 Å². The Morgan fingerprint density at radius 2 is 2.10 bits per heavy atom. The van der Waals surface area contributed by atoms with Crippen LogP contribution in [0.1, 0.15) is 0 Å². The molecular formula is C15H19N3O3. The first-order chi connectivity index (χ1) is 10.2. The molecule has 112 valence electrons. The summed E-state index contributed by atoms with van der Waals surface area (Å²) in [5.41, 5.74) is 0.801. The van der Waals surface area contributed by atoms with E-state index in [1.54, 1.807) is 18.1 Å². The molecule has 1 N–H and O–H groups in total. The first kappa shape index (κ1) is 14.9. The maximum Gasteiger partial charge on any atom is 0.325 e. The van der Waals surface area contributed by atoms with Crippen LogP contribution in [0.15, 0.2) is 36.9 Å². The standard InChI is InChI=1S/C15H19N3O3/c1-3-8-16-14(19)11-17-9-10-18(15(17)20)12-4-6-13(21-2)7-5-12/h3-7H,1,8-11H2,2H3,(H,16,19). The van der Waals surface area contributed by atoms with Crippen LogP contribution in [0.5, 0.6) is 5.75 Å².